The first kappa shape index (κ1) is 22.3. The molecule has 0 aliphatic rings. The quantitative estimate of drug-likeness (QED) is 0.229. The Morgan fingerprint density at radius 2 is 1.33 bits per heavy atom. The van der Waals surface area contributed by atoms with Crippen molar-refractivity contribution in [3.63, 3.8) is 0 Å². The van der Waals surface area contributed by atoms with Crippen molar-refractivity contribution in [3.8, 4) is 0 Å². The van der Waals surface area contributed by atoms with Crippen molar-refractivity contribution in [2.24, 2.45) is 0 Å². The van der Waals surface area contributed by atoms with Crippen molar-refractivity contribution >= 4 is 11.8 Å². The average molecular weight is 347 g/mol. The van der Waals surface area contributed by atoms with E-state index in [0.717, 1.165) is 0 Å². The van der Waals surface area contributed by atoms with Crippen LogP contribution in [0.1, 0.15) is 27.7 Å². The van der Waals surface area contributed by atoms with Gasteiger partial charge in [0.05, 0.1) is 0 Å². The van der Waals surface area contributed by atoms with E-state index in [-0.39, 0.29) is 6.54 Å². The van der Waals surface area contributed by atoms with Crippen LogP contribution in [0.5, 0.6) is 0 Å². The molecule has 0 aromatic heterocycles. The van der Waals surface area contributed by atoms with E-state index in [2.05, 4.69) is 22.5 Å². The van der Waals surface area contributed by atoms with E-state index in [4.69, 9.17) is 0 Å². The van der Waals surface area contributed by atoms with Crippen LogP contribution < -0.4 is 16.0 Å². The molecular weight excluding hydrogens is 318 g/mol. The fourth-order valence-electron chi connectivity index (χ4n) is 1.69. The van der Waals surface area contributed by atoms with Gasteiger partial charge in [-0.1, -0.05) is 6.58 Å². The molecule has 7 N–H and O–H groups in total. The molecule has 0 rings (SSSR count). The number of carbonyl (C=O) groups excluding carboxylic acids is 2. The number of nitrogens with one attached hydrogen (secondary N) is 3. The normalized spacial score (nSPS) is 16.5. The van der Waals surface area contributed by atoms with Gasteiger partial charge < -0.3 is 36.4 Å². The van der Waals surface area contributed by atoms with Crippen LogP contribution in [0, 0.1) is 0 Å². The third-order valence-electron chi connectivity index (χ3n) is 2.88. The number of carbonyl (C=O) groups is 2. The highest BCUT2D eigenvalue weighted by Crippen LogP contribution is 2.08. The Hall–Kier alpha value is -1.68. The van der Waals surface area contributed by atoms with Crippen molar-refractivity contribution in [2.45, 2.75) is 57.6 Å². The number of allylic oxidation sites excluding steroid dienone is 1. The van der Waals surface area contributed by atoms with Crippen LogP contribution in [-0.2, 0) is 9.59 Å². The van der Waals surface area contributed by atoms with Gasteiger partial charge in [-0.3, -0.25) is 9.59 Å². The zero-order chi connectivity index (χ0) is 19.1. The number of hydrogen-bond donors (Lipinski definition) is 7. The van der Waals surface area contributed by atoms with Crippen molar-refractivity contribution in [1.29, 1.82) is 0 Å². The summed E-state index contributed by atoms with van der Waals surface area (Å²) < 4.78 is 0. The van der Waals surface area contributed by atoms with Crippen molar-refractivity contribution < 1.29 is 30.0 Å². The van der Waals surface area contributed by atoms with Gasteiger partial charge in [0.1, 0.15) is 12.2 Å². The first-order chi connectivity index (χ1) is 10.9. The van der Waals surface area contributed by atoms with Gasteiger partial charge in [-0.05, 0) is 27.7 Å². The van der Waals surface area contributed by atoms with E-state index in [1.807, 2.05) is 0 Å². The molecule has 0 aromatic carbocycles. The standard InChI is InChI=1S/C15H29N3O6/c1-8(2)16-6-7-17-13(23)11(21)9(19)10(20)12(22)14(24)18-15(3,4)5/h9-12,16,19-22H,1,6-7H2,2-5H3,(H,17,23)(H,18,24)/t9-,10+,11+,12-/m0/s1. The monoisotopic (exact) mass is 347 g/mol. The number of aliphatic hydroxyl groups is 4. The van der Waals surface area contributed by atoms with Gasteiger partial charge in [-0.15, -0.1) is 0 Å². The molecule has 0 aliphatic heterocycles. The Bertz CT molecular complexity index is 449. The number of hydrogen-bond acceptors (Lipinski definition) is 7. The SMILES string of the molecule is C=C(C)NCCNC(=O)[C@H](O)[C@@H](O)[C@@H](O)[C@H](O)C(=O)NC(C)(C)C. The van der Waals surface area contributed by atoms with E-state index in [1.54, 1.807) is 27.7 Å². The molecule has 0 saturated heterocycles. The first-order valence-corrected chi connectivity index (χ1v) is 7.58. The number of aliphatic hydroxyl groups excluding tert-OH is 4. The summed E-state index contributed by atoms with van der Waals surface area (Å²) >= 11 is 0. The predicted octanol–water partition coefficient (Wildman–Crippen LogP) is -2.42. The predicted molar refractivity (Wildman–Crippen MR) is 87.7 cm³/mol. The van der Waals surface area contributed by atoms with Crippen molar-refractivity contribution in [1.82, 2.24) is 16.0 Å². The Morgan fingerprint density at radius 1 is 0.917 bits per heavy atom. The highest BCUT2D eigenvalue weighted by Gasteiger charge is 2.38. The Labute approximate surface area is 141 Å². The molecule has 0 bridgehead atoms. The van der Waals surface area contributed by atoms with E-state index in [1.165, 1.54) is 0 Å². The van der Waals surface area contributed by atoms with Crippen LogP contribution in [0.25, 0.3) is 0 Å². The zero-order valence-electron chi connectivity index (χ0n) is 14.5. The summed E-state index contributed by atoms with van der Waals surface area (Å²) in [5, 5.41) is 46.6. The van der Waals surface area contributed by atoms with Crippen molar-refractivity contribution in [3.05, 3.63) is 12.3 Å². The van der Waals surface area contributed by atoms with Gasteiger partial charge in [0, 0.05) is 24.3 Å². The number of rotatable bonds is 9. The molecule has 0 aromatic rings. The summed E-state index contributed by atoms with van der Waals surface area (Å²) in [6.07, 6.45) is -8.05. The Kier molecular flexibility index (Phi) is 8.91. The Balaban J connectivity index is 4.53. The van der Waals surface area contributed by atoms with Gasteiger partial charge >= 0.3 is 0 Å². The molecule has 4 atom stereocenters. The van der Waals surface area contributed by atoms with Crippen LogP contribution in [0.15, 0.2) is 12.3 Å². The number of amides is 2. The largest absolute Gasteiger partial charge is 0.387 e. The lowest BCUT2D eigenvalue weighted by atomic mass is 10.0. The van der Waals surface area contributed by atoms with E-state index >= 15 is 0 Å². The summed E-state index contributed by atoms with van der Waals surface area (Å²) in [7, 11) is 0. The van der Waals surface area contributed by atoms with Gasteiger partial charge in [0.2, 0.25) is 0 Å². The van der Waals surface area contributed by atoms with E-state index in [0.29, 0.717) is 12.2 Å². The summed E-state index contributed by atoms with van der Waals surface area (Å²) in [6, 6.07) is 0. The van der Waals surface area contributed by atoms with E-state index in [9.17, 15) is 30.0 Å². The second kappa shape index (κ2) is 9.58. The average Bonchev–Trinajstić information content (AvgIpc) is 2.46. The van der Waals surface area contributed by atoms with Gasteiger partial charge in [0.15, 0.2) is 12.2 Å². The zero-order valence-corrected chi connectivity index (χ0v) is 14.5. The smallest absolute Gasteiger partial charge is 0.252 e. The molecule has 9 heteroatoms. The maximum absolute atomic E-state index is 11.7. The third-order valence-corrected chi connectivity index (χ3v) is 2.88. The minimum Gasteiger partial charge on any atom is -0.387 e. The highest BCUT2D eigenvalue weighted by molar-refractivity contribution is 5.83. The fraction of sp³-hybridized carbons (Fsp3) is 0.733. The van der Waals surface area contributed by atoms with Crippen molar-refractivity contribution in [2.75, 3.05) is 13.1 Å². The molecule has 0 fully saturated rings. The van der Waals surface area contributed by atoms with Crippen LogP contribution >= 0.6 is 0 Å². The third kappa shape index (κ3) is 8.25. The molecule has 0 radical (unpaired) electrons. The maximum Gasteiger partial charge on any atom is 0.252 e. The molecule has 0 spiro atoms. The second-order valence-electron chi connectivity index (χ2n) is 6.61. The summed E-state index contributed by atoms with van der Waals surface area (Å²) in [6.45, 7) is 10.9. The molecule has 0 heterocycles. The summed E-state index contributed by atoms with van der Waals surface area (Å²) in [5.74, 6) is -1.86. The van der Waals surface area contributed by atoms with Gasteiger partial charge in [0.25, 0.3) is 11.8 Å². The van der Waals surface area contributed by atoms with Crippen LogP contribution in [-0.4, -0.2) is 75.3 Å². The molecule has 140 valence electrons. The second-order valence-corrected chi connectivity index (χ2v) is 6.61. The molecule has 9 nitrogen and oxygen atoms in total. The van der Waals surface area contributed by atoms with Crippen LogP contribution in [0.4, 0.5) is 0 Å². The lowest BCUT2D eigenvalue weighted by molar-refractivity contribution is -0.156. The molecule has 0 aliphatic carbocycles. The molecule has 0 unspecified atom stereocenters. The lowest BCUT2D eigenvalue weighted by Crippen LogP contribution is -2.56. The first-order valence-electron chi connectivity index (χ1n) is 7.58. The van der Waals surface area contributed by atoms with Gasteiger partial charge in [-0.25, -0.2) is 0 Å². The van der Waals surface area contributed by atoms with E-state index < -0.39 is 41.8 Å². The molecule has 0 saturated carbocycles. The summed E-state index contributed by atoms with van der Waals surface area (Å²) in [5.41, 5.74) is 0.0443. The summed E-state index contributed by atoms with van der Waals surface area (Å²) in [4.78, 5) is 23.4. The topological polar surface area (TPSA) is 151 Å². The maximum atomic E-state index is 11.7. The Morgan fingerprint density at radius 3 is 1.75 bits per heavy atom. The van der Waals surface area contributed by atoms with Crippen LogP contribution in [0.3, 0.4) is 0 Å². The molecule has 24 heavy (non-hydrogen) atoms. The fourth-order valence-corrected chi connectivity index (χ4v) is 1.69. The highest BCUT2D eigenvalue weighted by atomic mass is 16.4. The molecule has 2 amide bonds. The minimum absolute atomic E-state index is 0.151. The molecular formula is C15H29N3O6. The lowest BCUT2D eigenvalue weighted by Gasteiger charge is -2.28. The van der Waals surface area contributed by atoms with Crippen LogP contribution in [0.2, 0.25) is 0 Å². The van der Waals surface area contributed by atoms with Gasteiger partial charge in [-0.2, -0.15) is 0 Å². The minimum atomic E-state index is -2.03.